The third kappa shape index (κ3) is 4.93. The summed E-state index contributed by atoms with van der Waals surface area (Å²) in [6.07, 6.45) is 3.38. The number of rotatable bonds is 6. The van der Waals surface area contributed by atoms with Crippen molar-refractivity contribution in [1.82, 2.24) is 0 Å². The molecule has 1 aliphatic rings. The minimum absolute atomic E-state index is 0.0588. The zero-order chi connectivity index (χ0) is 27.0. The number of hydrogen-bond acceptors (Lipinski definition) is 6. The van der Waals surface area contributed by atoms with Crippen LogP contribution in [0.3, 0.4) is 0 Å². The molecule has 8 heteroatoms. The van der Waals surface area contributed by atoms with Gasteiger partial charge in [-0.1, -0.05) is 30.4 Å². The molecule has 0 spiro atoms. The second kappa shape index (κ2) is 10.6. The highest BCUT2D eigenvalue weighted by Gasteiger charge is 2.37. The lowest BCUT2D eigenvalue weighted by Crippen LogP contribution is -2.11. The Hall–Kier alpha value is -3.62. The van der Waals surface area contributed by atoms with Crippen LogP contribution in [0.25, 0.3) is 12.2 Å². The number of aromatic hydroxyl groups is 3. The third-order valence-electron chi connectivity index (χ3n) is 6.52. The fourth-order valence-electron chi connectivity index (χ4n) is 4.63. The van der Waals surface area contributed by atoms with E-state index in [2.05, 4.69) is 37.9 Å². The summed E-state index contributed by atoms with van der Waals surface area (Å²) in [6, 6.07) is 20.0. The number of halogens is 2. The number of benzene rings is 4. The van der Waals surface area contributed by atoms with Crippen molar-refractivity contribution in [2.24, 2.45) is 0 Å². The number of fused-ring (bicyclic) bond motifs is 1. The maximum atomic E-state index is 10.1. The Bertz CT molecular complexity index is 1480. The molecule has 1 aliphatic heterocycles. The molecule has 0 fully saturated rings. The Morgan fingerprint density at radius 3 is 1.97 bits per heavy atom. The summed E-state index contributed by atoms with van der Waals surface area (Å²) < 4.78 is 18.5. The normalized spacial score (nSPS) is 16.3. The van der Waals surface area contributed by atoms with Gasteiger partial charge in [-0.25, -0.2) is 0 Å². The molecular formula is C30H24Br2O6. The summed E-state index contributed by atoms with van der Waals surface area (Å²) in [7, 11) is 3.24. The quantitative estimate of drug-likeness (QED) is 0.187. The lowest BCUT2D eigenvalue weighted by molar-refractivity contribution is 0.222. The molecule has 4 aromatic rings. The van der Waals surface area contributed by atoms with Gasteiger partial charge < -0.3 is 29.5 Å². The first-order valence-corrected chi connectivity index (χ1v) is 13.3. The maximum absolute atomic E-state index is 10.1. The Morgan fingerprint density at radius 2 is 1.37 bits per heavy atom. The highest BCUT2D eigenvalue weighted by Crippen LogP contribution is 2.51. The molecule has 0 bridgehead atoms. The van der Waals surface area contributed by atoms with E-state index in [-0.39, 0.29) is 29.3 Å². The predicted molar refractivity (Wildman–Crippen MR) is 153 cm³/mol. The minimum atomic E-state index is -0.340. The zero-order valence-electron chi connectivity index (χ0n) is 20.5. The van der Waals surface area contributed by atoms with Crippen LogP contribution < -0.4 is 14.2 Å². The summed E-state index contributed by atoms with van der Waals surface area (Å²) in [5.74, 6) is 1.98. The van der Waals surface area contributed by atoms with Crippen molar-refractivity contribution in [3.63, 3.8) is 0 Å². The van der Waals surface area contributed by atoms with Gasteiger partial charge >= 0.3 is 0 Å². The predicted octanol–water partition coefficient (Wildman–Crippen LogP) is 7.78. The number of hydrogen-bond donors (Lipinski definition) is 3. The molecule has 2 unspecified atom stereocenters. The molecule has 2 atom stereocenters. The minimum Gasteiger partial charge on any atom is -0.508 e. The lowest BCUT2D eigenvalue weighted by Gasteiger charge is -2.21. The standard InChI is InChI=1S/C30H24Br2O6/c1-36-20-12-18(13-21(14-20)37-2)27-23-11-16(3-9-22-28(31)24(34)15-25(35)29(22)32)4-10-26(23)38-30(27)17-5-7-19(33)8-6-17/h3-15,27,30,33-35H,1-2H3/b9-3+. The summed E-state index contributed by atoms with van der Waals surface area (Å²) in [5, 5.41) is 30.1. The molecule has 194 valence electrons. The second-order valence-corrected chi connectivity index (χ2v) is 10.4. The molecule has 0 saturated heterocycles. The van der Waals surface area contributed by atoms with E-state index < -0.39 is 0 Å². The van der Waals surface area contributed by atoms with Gasteiger partial charge in [-0.15, -0.1) is 0 Å². The molecule has 1 heterocycles. The van der Waals surface area contributed by atoms with Crippen molar-refractivity contribution in [2.45, 2.75) is 12.0 Å². The number of ether oxygens (including phenoxy) is 3. The van der Waals surface area contributed by atoms with E-state index in [9.17, 15) is 15.3 Å². The van der Waals surface area contributed by atoms with Crippen LogP contribution in [-0.2, 0) is 0 Å². The van der Waals surface area contributed by atoms with Crippen molar-refractivity contribution in [3.8, 4) is 34.5 Å². The van der Waals surface area contributed by atoms with Crippen LogP contribution in [0.5, 0.6) is 34.5 Å². The highest BCUT2D eigenvalue weighted by molar-refractivity contribution is 9.11. The fraction of sp³-hybridized carbons (Fsp3) is 0.133. The van der Waals surface area contributed by atoms with Crippen LogP contribution in [0.15, 0.2) is 75.7 Å². The third-order valence-corrected chi connectivity index (χ3v) is 8.19. The van der Waals surface area contributed by atoms with Gasteiger partial charge in [-0.2, -0.15) is 0 Å². The van der Waals surface area contributed by atoms with E-state index in [1.807, 2.05) is 54.6 Å². The Kier molecular flexibility index (Phi) is 7.27. The number of phenolic OH excluding ortho intramolecular Hbond substituents is 3. The molecule has 6 nitrogen and oxygen atoms in total. The van der Waals surface area contributed by atoms with Crippen molar-refractivity contribution >= 4 is 44.0 Å². The summed E-state index contributed by atoms with van der Waals surface area (Å²) in [4.78, 5) is 0. The van der Waals surface area contributed by atoms with E-state index in [4.69, 9.17) is 14.2 Å². The van der Waals surface area contributed by atoms with Crippen LogP contribution in [0.4, 0.5) is 0 Å². The highest BCUT2D eigenvalue weighted by atomic mass is 79.9. The summed E-state index contributed by atoms with van der Waals surface area (Å²) in [5.41, 5.74) is 4.38. The van der Waals surface area contributed by atoms with Gasteiger partial charge in [0.1, 0.15) is 40.6 Å². The lowest BCUT2D eigenvalue weighted by atomic mass is 9.84. The van der Waals surface area contributed by atoms with Crippen molar-refractivity contribution in [2.75, 3.05) is 14.2 Å². The molecule has 38 heavy (non-hydrogen) atoms. The van der Waals surface area contributed by atoms with E-state index >= 15 is 0 Å². The fourth-order valence-corrected chi connectivity index (χ4v) is 5.79. The van der Waals surface area contributed by atoms with Crippen LogP contribution in [-0.4, -0.2) is 29.5 Å². The number of methoxy groups -OCH3 is 2. The van der Waals surface area contributed by atoms with Gasteiger partial charge in [0, 0.05) is 23.3 Å². The Balaban J connectivity index is 1.61. The first-order chi connectivity index (χ1) is 18.3. The van der Waals surface area contributed by atoms with Gasteiger partial charge in [0.15, 0.2) is 0 Å². The molecule has 0 amide bonds. The monoisotopic (exact) mass is 638 g/mol. The van der Waals surface area contributed by atoms with E-state index in [1.54, 1.807) is 26.4 Å². The van der Waals surface area contributed by atoms with Crippen molar-refractivity contribution < 1.29 is 29.5 Å². The smallest absolute Gasteiger partial charge is 0.135 e. The van der Waals surface area contributed by atoms with Crippen molar-refractivity contribution in [1.29, 1.82) is 0 Å². The SMILES string of the molecule is COc1cc(OC)cc(C2c3cc(/C=C/c4c(Br)c(O)cc(O)c4Br)ccc3OC2c2ccc(O)cc2)c1. The molecule has 0 saturated carbocycles. The molecule has 3 N–H and O–H groups in total. The first-order valence-electron chi connectivity index (χ1n) is 11.7. The van der Waals surface area contributed by atoms with Crippen LogP contribution in [0, 0.1) is 0 Å². The molecule has 4 aromatic carbocycles. The van der Waals surface area contributed by atoms with Gasteiger partial charge in [-0.05, 0) is 84.9 Å². The van der Waals surface area contributed by atoms with Crippen molar-refractivity contribution in [3.05, 3.63) is 103 Å². The molecule has 0 aromatic heterocycles. The van der Waals surface area contributed by atoms with Crippen LogP contribution >= 0.6 is 31.9 Å². The van der Waals surface area contributed by atoms with Gasteiger partial charge in [0.2, 0.25) is 0 Å². The number of phenols is 3. The second-order valence-electron chi connectivity index (χ2n) is 8.84. The van der Waals surface area contributed by atoms with Crippen LogP contribution in [0.1, 0.15) is 39.8 Å². The molecule has 0 radical (unpaired) electrons. The Morgan fingerprint density at radius 1 is 0.737 bits per heavy atom. The average molecular weight is 640 g/mol. The summed E-state index contributed by atoms with van der Waals surface area (Å²) >= 11 is 6.78. The van der Waals surface area contributed by atoms with E-state index in [1.165, 1.54) is 6.07 Å². The van der Waals surface area contributed by atoms with E-state index in [0.29, 0.717) is 26.0 Å². The zero-order valence-corrected chi connectivity index (χ0v) is 23.7. The first kappa shape index (κ1) is 26.0. The maximum Gasteiger partial charge on any atom is 0.135 e. The Labute approximate surface area is 237 Å². The van der Waals surface area contributed by atoms with Gasteiger partial charge in [0.25, 0.3) is 0 Å². The topological polar surface area (TPSA) is 88.4 Å². The largest absolute Gasteiger partial charge is 0.508 e. The van der Waals surface area contributed by atoms with Gasteiger partial charge in [0.05, 0.1) is 29.1 Å². The molecule has 0 aliphatic carbocycles. The van der Waals surface area contributed by atoms with E-state index in [0.717, 1.165) is 28.0 Å². The van der Waals surface area contributed by atoms with Gasteiger partial charge in [-0.3, -0.25) is 0 Å². The average Bonchev–Trinajstić information content (AvgIpc) is 3.30. The van der Waals surface area contributed by atoms with Crippen LogP contribution in [0.2, 0.25) is 0 Å². The molecular weight excluding hydrogens is 616 g/mol. The molecule has 5 rings (SSSR count). The summed E-state index contributed by atoms with van der Waals surface area (Å²) in [6.45, 7) is 0.